The molecule has 1 spiro atoms. The van der Waals surface area contributed by atoms with Crippen molar-refractivity contribution in [2.45, 2.75) is 83.3 Å². The van der Waals surface area contributed by atoms with Crippen LogP contribution in [0, 0.1) is 5.82 Å². The highest BCUT2D eigenvalue weighted by molar-refractivity contribution is 7.10. The van der Waals surface area contributed by atoms with Gasteiger partial charge in [-0.2, -0.15) is 26.3 Å². The zero-order valence-electron chi connectivity index (χ0n) is 38.8. The molecule has 0 aliphatic carbocycles. The number of benzene rings is 2. The number of nitrogens with one attached hydrogen (secondary N) is 2. The molecule has 6 rings (SSSR count). The molecule has 0 atom stereocenters. The van der Waals surface area contributed by atoms with Gasteiger partial charge in [0.15, 0.2) is 12.4 Å². The lowest BCUT2D eigenvalue weighted by molar-refractivity contribution is -0.193. The number of carboxylic acid groups (broad SMARTS) is 2. The summed E-state index contributed by atoms with van der Waals surface area (Å²) in [4.78, 5) is 62.9. The first-order valence-electron chi connectivity index (χ1n) is 22.4. The minimum atomic E-state index is -5.08. The van der Waals surface area contributed by atoms with Crippen LogP contribution in [0.15, 0.2) is 41.8 Å². The van der Waals surface area contributed by atoms with Crippen LogP contribution in [-0.2, 0) is 48.0 Å². The third-order valence-corrected chi connectivity index (χ3v) is 12.7. The maximum atomic E-state index is 15.6. The van der Waals surface area contributed by atoms with E-state index < -0.39 is 24.3 Å². The summed E-state index contributed by atoms with van der Waals surface area (Å²) in [6.45, 7) is 12.8. The SMILES string of the molecule is CCN(CCNCCc1ccc(O)c2c1OCC(=O)N2)C(=O)CCOCCc1cccc(CN2CCC3(CC2)CN(C(=O)c2csc(C(C)C)c2)CCO3)c1F.O=C(O)C(F)(F)F.O=C(O)C(F)(F)F. The number of carboxylic acids is 2. The number of alkyl halides is 6. The number of anilines is 1. The number of phenolic OH excluding ortho intramolecular Hbond substituents is 1. The van der Waals surface area contributed by atoms with E-state index in [1.165, 1.54) is 4.88 Å². The summed E-state index contributed by atoms with van der Waals surface area (Å²) in [6.07, 6.45) is -7.29. The Hall–Kier alpha value is -5.56. The zero-order valence-corrected chi connectivity index (χ0v) is 39.7. The van der Waals surface area contributed by atoms with Gasteiger partial charge < -0.3 is 50.0 Å². The number of rotatable bonds is 17. The predicted octanol–water partition coefficient (Wildman–Crippen LogP) is 6.45. The van der Waals surface area contributed by atoms with Crippen molar-refractivity contribution in [3.05, 3.63) is 74.7 Å². The maximum absolute atomic E-state index is 15.6. The molecule has 4 heterocycles. The molecule has 3 aliphatic heterocycles. The second kappa shape index (κ2) is 26.1. The highest BCUT2D eigenvalue weighted by atomic mass is 32.1. The van der Waals surface area contributed by atoms with Gasteiger partial charge in [-0.3, -0.25) is 19.3 Å². The van der Waals surface area contributed by atoms with Gasteiger partial charge in [-0.25, -0.2) is 14.0 Å². The number of fused-ring (bicyclic) bond motifs is 1. The number of morpholine rings is 1. The van der Waals surface area contributed by atoms with Gasteiger partial charge in [-0.15, -0.1) is 11.3 Å². The molecule has 5 N–H and O–H groups in total. The van der Waals surface area contributed by atoms with Crippen molar-refractivity contribution in [2.24, 2.45) is 0 Å². The molecule has 3 aliphatic rings. The molecule has 0 radical (unpaired) electrons. The molecular weight excluding hydrogens is 964 g/mol. The molecule has 2 aromatic carbocycles. The summed E-state index contributed by atoms with van der Waals surface area (Å²) in [5.74, 6) is -5.08. The average Bonchev–Trinajstić information content (AvgIpc) is 3.81. The van der Waals surface area contributed by atoms with Crippen LogP contribution in [-0.4, -0.2) is 156 Å². The number of carbonyl (C=O) groups is 5. The first-order valence-corrected chi connectivity index (χ1v) is 23.3. The number of hydrogen-bond acceptors (Lipinski definition) is 12. The minimum absolute atomic E-state index is 0.00292. The van der Waals surface area contributed by atoms with Gasteiger partial charge in [-0.05, 0) is 68.3 Å². The molecule has 16 nitrogen and oxygen atoms in total. The number of nitrogens with zero attached hydrogens (tertiary/aromatic N) is 3. The number of ether oxygens (including phenoxy) is 3. The molecule has 388 valence electrons. The Bertz CT molecular complexity index is 2230. The first kappa shape index (κ1) is 57.0. The monoisotopic (exact) mass is 1020 g/mol. The lowest BCUT2D eigenvalue weighted by Gasteiger charge is -2.47. The second-order valence-corrected chi connectivity index (χ2v) is 17.7. The molecule has 0 unspecified atom stereocenters. The van der Waals surface area contributed by atoms with E-state index in [0.29, 0.717) is 100 Å². The van der Waals surface area contributed by atoms with Crippen molar-refractivity contribution in [3.63, 3.8) is 0 Å². The van der Waals surface area contributed by atoms with E-state index in [0.717, 1.165) is 37.1 Å². The Morgan fingerprint density at radius 3 is 2.21 bits per heavy atom. The smallest absolute Gasteiger partial charge is 0.490 e. The second-order valence-electron chi connectivity index (χ2n) is 16.8. The number of likely N-dealkylation sites (tertiary alicyclic amines) is 1. The van der Waals surface area contributed by atoms with E-state index in [9.17, 15) is 45.8 Å². The van der Waals surface area contributed by atoms with Gasteiger partial charge in [0.2, 0.25) is 5.91 Å². The number of piperidine rings is 1. The van der Waals surface area contributed by atoms with Gasteiger partial charge in [0.25, 0.3) is 11.8 Å². The Morgan fingerprint density at radius 1 is 0.943 bits per heavy atom. The number of carbonyl (C=O) groups excluding carboxylic acids is 3. The Labute approximate surface area is 403 Å². The molecule has 70 heavy (non-hydrogen) atoms. The summed E-state index contributed by atoms with van der Waals surface area (Å²) < 4.78 is 96.8. The Kier molecular flexibility index (Phi) is 21.2. The number of aromatic hydroxyl groups is 1. The van der Waals surface area contributed by atoms with Crippen LogP contribution >= 0.6 is 11.3 Å². The number of halogens is 7. The number of amides is 3. The predicted molar refractivity (Wildman–Crippen MR) is 241 cm³/mol. The summed E-state index contributed by atoms with van der Waals surface area (Å²) in [7, 11) is 0. The van der Waals surface area contributed by atoms with Gasteiger partial charge in [0.1, 0.15) is 17.3 Å². The molecular formula is C46H58F7N5O11S. The molecule has 3 amide bonds. The van der Waals surface area contributed by atoms with Gasteiger partial charge in [0, 0.05) is 61.6 Å². The van der Waals surface area contributed by atoms with E-state index in [1.54, 1.807) is 34.4 Å². The van der Waals surface area contributed by atoms with Crippen molar-refractivity contribution >= 4 is 46.7 Å². The van der Waals surface area contributed by atoms with Crippen LogP contribution in [0.5, 0.6) is 11.5 Å². The summed E-state index contributed by atoms with van der Waals surface area (Å²) in [5.41, 5.74) is 2.84. The van der Waals surface area contributed by atoms with Gasteiger partial charge >= 0.3 is 24.3 Å². The third kappa shape index (κ3) is 17.1. The summed E-state index contributed by atoms with van der Waals surface area (Å²) >= 11 is 1.64. The Morgan fingerprint density at radius 2 is 1.60 bits per heavy atom. The van der Waals surface area contributed by atoms with Crippen LogP contribution in [0.2, 0.25) is 0 Å². The summed E-state index contributed by atoms with van der Waals surface area (Å²) in [6, 6.07) is 10.9. The number of phenols is 1. The third-order valence-electron chi connectivity index (χ3n) is 11.4. The topological polar surface area (TPSA) is 208 Å². The fourth-order valence-corrected chi connectivity index (χ4v) is 8.51. The molecule has 3 aromatic rings. The van der Waals surface area contributed by atoms with Crippen molar-refractivity contribution in [1.29, 1.82) is 0 Å². The lowest BCUT2D eigenvalue weighted by Crippen LogP contribution is -2.57. The van der Waals surface area contributed by atoms with E-state index in [2.05, 4.69) is 29.4 Å². The van der Waals surface area contributed by atoms with Crippen LogP contribution < -0.4 is 15.4 Å². The maximum Gasteiger partial charge on any atom is 0.490 e. The van der Waals surface area contributed by atoms with Crippen LogP contribution in [0.3, 0.4) is 0 Å². The van der Waals surface area contributed by atoms with Crippen molar-refractivity contribution < 1.29 is 84.2 Å². The number of likely N-dealkylation sites (N-methyl/N-ethyl adjacent to an activating group) is 1. The van der Waals surface area contributed by atoms with Crippen LogP contribution in [0.4, 0.5) is 36.4 Å². The van der Waals surface area contributed by atoms with Crippen molar-refractivity contribution in [3.8, 4) is 11.5 Å². The highest BCUT2D eigenvalue weighted by Crippen LogP contribution is 2.39. The van der Waals surface area contributed by atoms with E-state index in [4.69, 9.17) is 34.0 Å². The standard InChI is InChI=1S/C42H56FN5O7S.2C2HF3O2/c1-4-47(19-16-44-15-10-31-8-9-34(49)39-40(31)54-26-36(50)45-39)37(51)12-22-53-21-11-30-6-5-7-32(38(30)43)25-46-17-13-42(14-18-46)28-48(20-23-55-42)41(52)33-24-35(29(2)3)56-27-33;2*3-2(4,5)1(6)7/h5-9,24,27,29,44,49H,4,10-23,25-26,28H2,1-3H3,(H,45,50);2*(H,6,7). The van der Waals surface area contributed by atoms with E-state index in [-0.39, 0.29) is 54.5 Å². The van der Waals surface area contributed by atoms with Gasteiger partial charge in [-0.1, -0.05) is 38.1 Å². The van der Waals surface area contributed by atoms with E-state index in [1.807, 2.05) is 35.4 Å². The number of aliphatic carboxylic acids is 2. The molecule has 24 heteroatoms. The minimum Gasteiger partial charge on any atom is -0.506 e. The average molecular weight is 1020 g/mol. The fourth-order valence-electron chi connectivity index (χ4n) is 7.61. The molecule has 0 bridgehead atoms. The molecule has 2 fully saturated rings. The van der Waals surface area contributed by atoms with Crippen LogP contribution in [0.1, 0.15) is 77.9 Å². The lowest BCUT2D eigenvalue weighted by atomic mass is 9.89. The molecule has 0 saturated carbocycles. The van der Waals surface area contributed by atoms with Crippen LogP contribution in [0.25, 0.3) is 0 Å². The van der Waals surface area contributed by atoms with Crippen molar-refractivity contribution in [2.75, 3.05) is 84.1 Å². The zero-order chi connectivity index (χ0) is 51.8. The first-order chi connectivity index (χ1) is 32.9. The quantitative estimate of drug-likeness (QED) is 0.0561. The van der Waals surface area contributed by atoms with Crippen molar-refractivity contribution in [1.82, 2.24) is 20.0 Å². The highest BCUT2D eigenvalue weighted by Gasteiger charge is 2.42. The number of thiophene rings is 1. The molecule has 2 saturated heterocycles. The van der Waals surface area contributed by atoms with E-state index >= 15 is 4.39 Å². The molecule has 1 aromatic heterocycles. The summed E-state index contributed by atoms with van der Waals surface area (Å²) in [5, 5.41) is 32.3. The fraction of sp³-hybridized carbons (Fsp3) is 0.543. The number of hydrogen-bond donors (Lipinski definition) is 5. The normalized spacial score (nSPS) is 15.7. The largest absolute Gasteiger partial charge is 0.506 e. The van der Waals surface area contributed by atoms with Gasteiger partial charge in [0.05, 0.1) is 44.0 Å². The Balaban J connectivity index is 0.000000664.